The number of nitrogens with zero attached hydrogens (tertiary/aromatic N) is 3. The molecule has 0 amide bonds. The molecule has 0 atom stereocenters. The average molecular weight is 260 g/mol. The molecule has 0 aliphatic heterocycles. The lowest BCUT2D eigenvalue weighted by molar-refractivity contribution is 0.0697. The van der Waals surface area contributed by atoms with Crippen molar-refractivity contribution in [3.63, 3.8) is 0 Å². The van der Waals surface area contributed by atoms with Crippen molar-refractivity contribution in [1.29, 1.82) is 0 Å². The Labute approximate surface area is 110 Å². The summed E-state index contributed by atoms with van der Waals surface area (Å²) in [6, 6.07) is 0. The van der Waals surface area contributed by atoms with Crippen LogP contribution < -0.4 is 5.32 Å². The number of hydrogen-bond donors (Lipinski definition) is 2. The van der Waals surface area contributed by atoms with Crippen molar-refractivity contribution >= 4 is 22.7 Å². The van der Waals surface area contributed by atoms with Gasteiger partial charge in [0, 0.05) is 19.8 Å². The van der Waals surface area contributed by atoms with Crippen molar-refractivity contribution < 1.29 is 9.90 Å². The highest BCUT2D eigenvalue weighted by Gasteiger charge is 2.18. The van der Waals surface area contributed by atoms with Gasteiger partial charge in [-0.25, -0.2) is 9.78 Å². The lowest BCUT2D eigenvalue weighted by Gasteiger charge is -2.10. The van der Waals surface area contributed by atoms with Crippen LogP contribution in [0.3, 0.4) is 0 Å². The summed E-state index contributed by atoms with van der Waals surface area (Å²) in [6.45, 7) is 6.11. The van der Waals surface area contributed by atoms with Gasteiger partial charge in [0.05, 0.1) is 16.8 Å². The lowest BCUT2D eigenvalue weighted by Crippen LogP contribution is -2.09. The Kier molecular flexibility index (Phi) is 3.50. The summed E-state index contributed by atoms with van der Waals surface area (Å²) in [7, 11) is 1.79. The number of rotatable bonds is 5. The fourth-order valence-electron chi connectivity index (χ4n) is 2.06. The van der Waals surface area contributed by atoms with Crippen LogP contribution in [-0.2, 0) is 7.05 Å². The lowest BCUT2D eigenvalue weighted by atomic mass is 10.1. The highest BCUT2D eigenvalue weighted by molar-refractivity contribution is 6.04. The molecule has 0 unspecified atom stereocenters. The number of fused-ring (bicyclic) bond motifs is 1. The van der Waals surface area contributed by atoms with Gasteiger partial charge in [-0.15, -0.1) is 6.58 Å². The SMILES string of the molecule is C=CCCNc1c(C(=O)O)cnc2c1c(C)nn2C. The van der Waals surface area contributed by atoms with Crippen LogP contribution in [0.1, 0.15) is 22.5 Å². The maximum absolute atomic E-state index is 11.3. The van der Waals surface area contributed by atoms with E-state index in [1.165, 1.54) is 6.20 Å². The molecule has 0 saturated carbocycles. The first-order chi connectivity index (χ1) is 9.06. The number of aromatic carboxylic acids is 1. The van der Waals surface area contributed by atoms with E-state index in [4.69, 9.17) is 0 Å². The molecule has 0 radical (unpaired) electrons. The Morgan fingerprint density at radius 2 is 2.37 bits per heavy atom. The van der Waals surface area contributed by atoms with Crippen LogP contribution in [0, 0.1) is 6.92 Å². The summed E-state index contributed by atoms with van der Waals surface area (Å²) >= 11 is 0. The minimum atomic E-state index is -1.00. The number of carbonyl (C=O) groups is 1. The van der Waals surface area contributed by atoms with E-state index < -0.39 is 5.97 Å². The van der Waals surface area contributed by atoms with Crippen LogP contribution in [-0.4, -0.2) is 32.4 Å². The van der Waals surface area contributed by atoms with Gasteiger partial charge in [-0.05, 0) is 13.3 Å². The zero-order valence-corrected chi connectivity index (χ0v) is 11.0. The first-order valence-corrected chi connectivity index (χ1v) is 5.96. The van der Waals surface area contributed by atoms with Gasteiger partial charge in [0.2, 0.25) is 0 Å². The first-order valence-electron chi connectivity index (χ1n) is 5.96. The third-order valence-corrected chi connectivity index (χ3v) is 2.91. The minimum Gasteiger partial charge on any atom is -0.478 e. The van der Waals surface area contributed by atoms with Gasteiger partial charge in [0.1, 0.15) is 5.56 Å². The van der Waals surface area contributed by atoms with E-state index in [0.29, 0.717) is 17.9 Å². The molecule has 0 aromatic carbocycles. The Hall–Kier alpha value is -2.37. The summed E-state index contributed by atoms with van der Waals surface area (Å²) in [5.41, 5.74) is 2.16. The maximum atomic E-state index is 11.3. The van der Waals surface area contributed by atoms with Crippen LogP contribution in [0.4, 0.5) is 5.69 Å². The van der Waals surface area contributed by atoms with E-state index >= 15 is 0 Å². The van der Waals surface area contributed by atoms with Crippen molar-refractivity contribution in [2.45, 2.75) is 13.3 Å². The second-order valence-electron chi connectivity index (χ2n) is 4.26. The molecule has 2 rings (SSSR count). The molecule has 0 fully saturated rings. The standard InChI is InChI=1S/C13H16N4O2/c1-4-5-6-14-11-9(13(18)19)7-15-12-10(11)8(2)16-17(12)3/h4,7H,1,5-6H2,2-3H3,(H,14,15)(H,18,19). The van der Waals surface area contributed by atoms with Gasteiger partial charge < -0.3 is 10.4 Å². The van der Waals surface area contributed by atoms with Crippen molar-refractivity contribution in [3.05, 3.63) is 30.1 Å². The van der Waals surface area contributed by atoms with Crippen LogP contribution in [0.5, 0.6) is 0 Å². The minimum absolute atomic E-state index is 0.160. The summed E-state index contributed by atoms with van der Waals surface area (Å²) in [5.74, 6) is -1.00. The maximum Gasteiger partial charge on any atom is 0.339 e. The van der Waals surface area contributed by atoms with Crippen molar-refractivity contribution in [1.82, 2.24) is 14.8 Å². The Bertz CT molecular complexity index is 646. The normalized spacial score (nSPS) is 10.6. The third-order valence-electron chi connectivity index (χ3n) is 2.91. The molecule has 100 valence electrons. The zero-order chi connectivity index (χ0) is 14.0. The molecule has 0 aliphatic rings. The predicted molar refractivity (Wildman–Crippen MR) is 73.5 cm³/mol. The van der Waals surface area contributed by atoms with Gasteiger partial charge in [-0.2, -0.15) is 5.10 Å². The fourth-order valence-corrected chi connectivity index (χ4v) is 2.06. The topological polar surface area (TPSA) is 80.0 Å². The molecule has 2 N–H and O–H groups in total. The van der Waals surface area contributed by atoms with E-state index in [1.807, 2.05) is 6.92 Å². The van der Waals surface area contributed by atoms with Gasteiger partial charge in [-0.1, -0.05) is 6.08 Å². The highest BCUT2D eigenvalue weighted by atomic mass is 16.4. The van der Waals surface area contributed by atoms with Crippen LogP contribution in [0.2, 0.25) is 0 Å². The van der Waals surface area contributed by atoms with Crippen molar-refractivity contribution in [2.75, 3.05) is 11.9 Å². The molecular weight excluding hydrogens is 244 g/mol. The number of aryl methyl sites for hydroxylation is 2. The third kappa shape index (κ3) is 2.29. The number of pyridine rings is 1. The molecule has 6 nitrogen and oxygen atoms in total. The van der Waals surface area contributed by atoms with Gasteiger partial charge in [0.15, 0.2) is 5.65 Å². The molecule has 0 spiro atoms. The van der Waals surface area contributed by atoms with Crippen LogP contribution in [0.15, 0.2) is 18.9 Å². The van der Waals surface area contributed by atoms with Crippen molar-refractivity contribution in [3.8, 4) is 0 Å². The molecule has 19 heavy (non-hydrogen) atoms. The van der Waals surface area contributed by atoms with E-state index in [0.717, 1.165) is 17.5 Å². The molecule has 2 heterocycles. The van der Waals surface area contributed by atoms with Crippen molar-refractivity contribution in [2.24, 2.45) is 7.05 Å². The number of nitrogens with one attached hydrogen (secondary N) is 1. The molecule has 0 aliphatic carbocycles. The summed E-state index contributed by atoms with van der Waals surface area (Å²) in [4.78, 5) is 15.5. The molecular formula is C13H16N4O2. The van der Waals surface area contributed by atoms with Crippen LogP contribution >= 0.6 is 0 Å². The second kappa shape index (κ2) is 5.09. The number of carboxylic acids is 1. The molecule has 0 bridgehead atoms. The summed E-state index contributed by atoms with van der Waals surface area (Å²) in [6.07, 6.45) is 3.89. The molecule has 0 saturated heterocycles. The molecule has 2 aromatic heterocycles. The zero-order valence-electron chi connectivity index (χ0n) is 11.0. The number of aromatic nitrogens is 3. The quantitative estimate of drug-likeness (QED) is 0.634. The van der Waals surface area contributed by atoms with E-state index in [2.05, 4.69) is 22.0 Å². The highest BCUT2D eigenvalue weighted by Crippen LogP contribution is 2.28. The van der Waals surface area contributed by atoms with E-state index in [1.54, 1.807) is 17.8 Å². The fraction of sp³-hybridized carbons (Fsp3) is 0.308. The predicted octanol–water partition coefficient (Wildman–Crippen LogP) is 1.96. The monoisotopic (exact) mass is 260 g/mol. The Morgan fingerprint density at radius 3 is 3.00 bits per heavy atom. The largest absolute Gasteiger partial charge is 0.478 e. The summed E-state index contributed by atoms with van der Waals surface area (Å²) < 4.78 is 1.65. The smallest absolute Gasteiger partial charge is 0.339 e. The average Bonchev–Trinajstić information content (AvgIpc) is 2.65. The number of carboxylic acid groups (broad SMARTS) is 1. The number of hydrogen-bond acceptors (Lipinski definition) is 4. The first kappa shape index (κ1) is 13.1. The molecule has 6 heteroatoms. The second-order valence-corrected chi connectivity index (χ2v) is 4.26. The molecule has 2 aromatic rings. The van der Waals surface area contributed by atoms with Gasteiger partial charge >= 0.3 is 5.97 Å². The van der Waals surface area contributed by atoms with E-state index in [-0.39, 0.29) is 5.56 Å². The number of anilines is 1. The van der Waals surface area contributed by atoms with Gasteiger partial charge in [0.25, 0.3) is 0 Å². The van der Waals surface area contributed by atoms with E-state index in [9.17, 15) is 9.90 Å². The Balaban J connectivity index is 2.61. The van der Waals surface area contributed by atoms with Gasteiger partial charge in [-0.3, -0.25) is 4.68 Å². The summed E-state index contributed by atoms with van der Waals surface area (Å²) in [5, 5.41) is 17.4. The Morgan fingerprint density at radius 1 is 1.63 bits per heavy atom. The van der Waals surface area contributed by atoms with Crippen LogP contribution in [0.25, 0.3) is 11.0 Å².